The van der Waals surface area contributed by atoms with E-state index in [0.29, 0.717) is 0 Å². The lowest BCUT2D eigenvalue weighted by Crippen LogP contribution is -2.20. The van der Waals surface area contributed by atoms with Crippen LogP contribution in [-0.4, -0.2) is 41.4 Å². The predicted molar refractivity (Wildman–Crippen MR) is 80.7 cm³/mol. The molecule has 4 heteroatoms. The third-order valence-electron chi connectivity index (χ3n) is 3.28. The summed E-state index contributed by atoms with van der Waals surface area (Å²) in [6, 6.07) is 4.07. The Labute approximate surface area is 116 Å². The van der Waals surface area contributed by atoms with Crippen LogP contribution in [0, 0.1) is 6.92 Å². The number of anilines is 1. The van der Waals surface area contributed by atoms with Crippen LogP contribution in [0.3, 0.4) is 0 Å². The van der Waals surface area contributed by atoms with Gasteiger partial charge in [0.2, 0.25) is 0 Å². The molecule has 0 aliphatic rings. The minimum absolute atomic E-state index is 0.898. The Balaban J connectivity index is 2.79. The fraction of sp³-hybridized carbons (Fsp3) is 0.600. The molecule has 0 saturated carbocycles. The number of nitrogens with zero attached hydrogens (tertiary/aromatic N) is 1. The first-order valence-corrected chi connectivity index (χ1v) is 6.72. The first kappa shape index (κ1) is 15.6. The Hall–Kier alpha value is -1.42. The Morgan fingerprint density at radius 3 is 2.37 bits per heavy atom. The predicted octanol–water partition coefficient (Wildman–Crippen LogP) is 2.45. The summed E-state index contributed by atoms with van der Waals surface area (Å²) in [5.74, 6) is 1.80. The standard InChI is InChI=1S/C15H26N2O2/c1-12-10-15(19-5)13(11-14(12)18-4)17(3)9-7-6-8-16-2/h10-11,16H,6-9H2,1-5H3. The van der Waals surface area contributed by atoms with Crippen LogP contribution in [0.25, 0.3) is 0 Å². The van der Waals surface area contributed by atoms with Gasteiger partial charge >= 0.3 is 0 Å². The van der Waals surface area contributed by atoms with Gasteiger partial charge in [-0.2, -0.15) is 0 Å². The van der Waals surface area contributed by atoms with Crippen LogP contribution in [0.2, 0.25) is 0 Å². The van der Waals surface area contributed by atoms with E-state index in [1.54, 1.807) is 14.2 Å². The van der Waals surface area contributed by atoms with E-state index in [1.165, 1.54) is 6.42 Å². The molecule has 0 heterocycles. The fourth-order valence-electron chi connectivity index (χ4n) is 2.10. The number of nitrogens with one attached hydrogen (secondary N) is 1. The third kappa shape index (κ3) is 4.31. The van der Waals surface area contributed by atoms with E-state index in [9.17, 15) is 0 Å². The first-order valence-electron chi connectivity index (χ1n) is 6.72. The third-order valence-corrected chi connectivity index (χ3v) is 3.28. The number of benzene rings is 1. The number of rotatable bonds is 8. The summed E-state index contributed by atoms with van der Waals surface area (Å²) in [6.45, 7) is 4.09. The lowest BCUT2D eigenvalue weighted by atomic mass is 10.1. The van der Waals surface area contributed by atoms with Crippen molar-refractivity contribution in [3.63, 3.8) is 0 Å². The Morgan fingerprint density at radius 1 is 1.11 bits per heavy atom. The summed E-state index contributed by atoms with van der Waals surface area (Å²) >= 11 is 0. The monoisotopic (exact) mass is 266 g/mol. The SMILES string of the molecule is CNCCCCN(C)c1cc(OC)c(C)cc1OC. The van der Waals surface area contributed by atoms with Gasteiger partial charge in [0.25, 0.3) is 0 Å². The number of ether oxygens (including phenoxy) is 2. The zero-order chi connectivity index (χ0) is 14.3. The quantitative estimate of drug-likeness (QED) is 0.733. The van der Waals surface area contributed by atoms with Crippen LogP contribution < -0.4 is 19.7 Å². The molecule has 19 heavy (non-hydrogen) atoms. The van der Waals surface area contributed by atoms with Gasteiger partial charge in [-0.1, -0.05) is 0 Å². The molecule has 0 atom stereocenters. The number of unbranched alkanes of at least 4 members (excludes halogenated alkanes) is 1. The summed E-state index contributed by atoms with van der Waals surface area (Å²) in [5.41, 5.74) is 2.17. The van der Waals surface area contributed by atoms with E-state index in [1.807, 2.05) is 26.1 Å². The van der Waals surface area contributed by atoms with E-state index >= 15 is 0 Å². The molecule has 0 unspecified atom stereocenters. The lowest BCUT2D eigenvalue weighted by molar-refractivity contribution is 0.400. The second-order valence-corrected chi connectivity index (χ2v) is 4.73. The second kappa shape index (κ2) is 7.89. The highest BCUT2D eigenvalue weighted by atomic mass is 16.5. The maximum absolute atomic E-state index is 5.46. The van der Waals surface area contributed by atoms with E-state index in [-0.39, 0.29) is 0 Å². The van der Waals surface area contributed by atoms with Crippen molar-refractivity contribution in [1.29, 1.82) is 0 Å². The average molecular weight is 266 g/mol. The molecule has 1 rings (SSSR count). The highest BCUT2D eigenvalue weighted by molar-refractivity contribution is 5.63. The van der Waals surface area contributed by atoms with Gasteiger partial charge in [-0.15, -0.1) is 0 Å². The zero-order valence-corrected chi connectivity index (χ0v) is 12.7. The Kier molecular flexibility index (Phi) is 6.50. The van der Waals surface area contributed by atoms with Crippen molar-refractivity contribution >= 4 is 5.69 Å². The number of hydrogen-bond donors (Lipinski definition) is 1. The fourth-order valence-corrected chi connectivity index (χ4v) is 2.10. The highest BCUT2D eigenvalue weighted by Gasteiger charge is 2.12. The van der Waals surface area contributed by atoms with E-state index in [0.717, 1.165) is 42.3 Å². The van der Waals surface area contributed by atoms with Crippen LogP contribution in [0.5, 0.6) is 11.5 Å². The average Bonchev–Trinajstić information content (AvgIpc) is 2.42. The maximum atomic E-state index is 5.46. The van der Waals surface area contributed by atoms with Gasteiger partial charge in [0.1, 0.15) is 11.5 Å². The maximum Gasteiger partial charge on any atom is 0.142 e. The molecule has 4 nitrogen and oxygen atoms in total. The van der Waals surface area contributed by atoms with Crippen LogP contribution in [0.15, 0.2) is 12.1 Å². The van der Waals surface area contributed by atoms with Gasteiger partial charge in [-0.25, -0.2) is 0 Å². The van der Waals surface area contributed by atoms with Crippen LogP contribution in [0.1, 0.15) is 18.4 Å². The molecular weight excluding hydrogens is 240 g/mol. The normalized spacial score (nSPS) is 10.4. The molecule has 0 spiro atoms. The van der Waals surface area contributed by atoms with Crippen LogP contribution in [-0.2, 0) is 0 Å². The number of methoxy groups -OCH3 is 2. The van der Waals surface area contributed by atoms with Crippen molar-refractivity contribution < 1.29 is 9.47 Å². The molecule has 1 aromatic rings. The van der Waals surface area contributed by atoms with Gasteiger partial charge < -0.3 is 19.7 Å². The van der Waals surface area contributed by atoms with Crippen molar-refractivity contribution in [3.8, 4) is 11.5 Å². The van der Waals surface area contributed by atoms with Crippen molar-refractivity contribution in [1.82, 2.24) is 5.32 Å². The van der Waals surface area contributed by atoms with E-state index in [2.05, 4.69) is 17.3 Å². The lowest BCUT2D eigenvalue weighted by Gasteiger charge is -2.23. The molecule has 108 valence electrons. The molecule has 0 aliphatic carbocycles. The molecular formula is C15H26N2O2. The first-order chi connectivity index (χ1) is 9.13. The van der Waals surface area contributed by atoms with Gasteiger partial charge in [0, 0.05) is 19.7 Å². The molecule has 0 aliphatic heterocycles. The molecule has 1 N–H and O–H groups in total. The smallest absolute Gasteiger partial charge is 0.142 e. The summed E-state index contributed by atoms with van der Waals surface area (Å²) in [5, 5.41) is 3.17. The summed E-state index contributed by atoms with van der Waals surface area (Å²) in [6.07, 6.45) is 2.32. The van der Waals surface area contributed by atoms with Gasteiger partial charge in [0.05, 0.1) is 19.9 Å². The number of hydrogen-bond acceptors (Lipinski definition) is 4. The van der Waals surface area contributed by atoms with Gasteiger partial charge in [-0.3, -0.25) is 0 Å². The molecule has 0 radical (unpaired) electrons. The molecule has 0 bridgehead atoms. The van der Waals surface area contributed by atoms with Gasteiger partial charge in [0.15, 0.2) is 0 Å². The zero-order valence-electron chi connectivity index (χ0n) is 12.7. The molecule has 0 aromatic heterocycles. The van der Waals surface area contributed by atoms with E-state index < -0.39 is 0 Å². The largest absolute Gasteiger partial charge is 0.496 e. The topological polar surface area (TPSA) is 33.7 Å². The Bertz CT molecular complexity index is 394. The van der Waals surface area contributed by atoms with Crippen molar-refractivity contribution in [3.05, 3.63) is 17.7 Å². The Morgan fingerprint density at radius 2 is 1.79 bits per heavy atom. The van der Waals surface area contributed by atoms with E-state index in [4.69, 9.17) is 9.47 Å². The summed E-state index contributed by atoms with van der Waals surface area (Å²) < 4.78 is 10.9. The molecule has 1 aromatic carbocycles. The van der Waals surface area contributed by atoms with Crippen molar-refractivity contribution in [2.45, 2.75) is 19.8 Å². The van der Waals surface area contributed by atoms with Crippen LogP contribution >= 0.6 is 0 Å². The molecule has 0 saturated heterocycles. The number of aryl methyl sites for hydroxylation is 1. The highest BCUT2D eigenvalue weighted by Crippen LogP contribution is 2.34. The summed E-state index contributed by atoms with van der Waals surface area (Å²) in [4.78, 5) is 2.22. The van der Waals surface area contributed by atoms with Crippen molar-refractivity contribution in [2.75, 3.05) is 46.3 Å². The summed E-state index contributed by atoms with van der Waals surface area (Å²) in [7, 11) is 7.48. The molecule has 0 fully saturated rings. The van der Waals surface area contributed by atoms with Crippen molar-refractivity contribution in [2.24, 2.45) is 0 Å². The minimum Gasteiger partial charge on any atom is -0.496 e. The minimum atomic E-state index is 0.898. The van der Waals surface area contributed by atoms with Gasteiger partial charge in [-0.05, 0) is 45.0 Å². The second-order valence-electron chi connectivity index (χ2n) is 4.73. The molecule has 0 amide bonds. The van der Waals surface area contributed by atoms with Crippen LogP contribution in [0.4, 0.5) is 5.69 Å².